The van der Waals surface area contributed by atoms with Crippen LogP contribution in [0.3, 0.4) is 0 Å². The van der Waals surface area contributed by atoms with Gasteiger partial charge < -0.3 is 0 Å². The van der Waals surface area contributed by atoms with Crippen molar-refractivity contribution in [3.63, 3.8) is 0 Å². The monoisotopic (exact) mass is 226 g/mol. The molecular formula is C15H30O. The standard InChI is InChI=1S/C15H30O/c1-5-6-7-8-9-10-11-14(16)12-13-15(2,3)4/h5-13H2,1-4H3. The van der Waals surface area contributed by atoms with E-state index < -0.39 is 0 Å². The molecule has 0 N–H and O–H groups in total. The minimum atomic E-state index is 0.302. The van der Waals surface area contributed by atoms with Crippen molar-refractivity contribution in [1.29, 1.82) is 0 Å². The summed E-state index contributed by atoms with van der Waals surface area (Å²) in [4.78, 5) is 11.6. The smallest absolute Gasteiger partial charge is 0.132 e. The highest BCUT2D eigenvalue weighted by molar-refractivity contribution is 5.78. The van der Waals surface area contributed by atoms with Gasteiger partial charge in [-0.05, 0) is 18.3 Å². The number of carbonyl (C=O) groups is 1. The molecule has 0 rings (SSSR count). The predicted molar refractivity (Wildman–Crippen MR) is 71.7 cm³/mol. The van der Waals surface area contributed by atoms with Gasteiger partial charge in [0.25, 0.3) is 0 Å². The van der Waals surface area contributed by atoms with Crippen LogP contribution >= 0.6 is 0 Å². The van der Waals surface area contributed by atoms with Crippen LogP contribution in [0.15, 0.2) is 0 Å². The van der Waals surface area contributed by atoms with E-state index in [2.05, 4.69) is 27.7 Å². The lowest BCUT2D eigenvalue weighted by Crippen LogP contribution is -2.08. The molecule has 0 amide bonds. The molecule has 0 saturated heterocycles. The Morgan fingerprint density at radius 3 is 2.00 bits per heavy atom. The Bertz CT molecular complexity index is 176. The number of ketones is 1. The Morgan fingerprint density at radius 2 is 1.44 bits per heavy atom. The maximum Gasteiger partial charge on any atom is 0.132 e. The topological polar surface area (TPSA) is 17.1 Å². The third-order valence-electron chi connectivity index (χ3n) is 2.96. The van der Waals surface area contributed by atoms with Gasteiger partial charge in [-0.15, -0.1) is 0 Å². The van der Waals surface area contributed by atoms with E-state index in [-0.39, 0.29) is 0 Å². The van der Waals surface area contributed by atoms with E-state index in [1.165, 1.54) is 32.1 Å². The van der Waals surface area contributed by atoms with Gasteiger partial charge in [0, 0.05) is 12.8 Å². The molecule has 0 radical (unpaired) electrons. The van der Waals surface area contributed by atoms with E-state index in [9.17, 15) is 4.79 Å². The average Bonchev–Trinajstić information content (AvgIpc) is 2.19. The van der Waals surface area contributed by atoms with Gasteiger partial charge in [0.05, 0.1) is 0 Å². The summed E-state index contributed by atoms with van der Waals surface area (Å²) >= 11 is 0. The summed E-state index contributed by atoms with van der Waals surface area (Å²) in [5.41, 5.74) is 0.302. The molecule has 0 bridgehead atoms. The van der Waals surface area contributed by atoms with Gasteiger partial charge in [-0.1, -0.05) is 59.8 Å². The van der Waals surface area contributed by atoms with Crippen LogP contribution in [-0.2, 0) is 4.79 Å². The maximum absolute atomic E-state index is 11.6. The highest BCUT2D eigenvalue weighted by Gasteiger charge is 2.12. The molecule has 1 nitrogen and oxygen atoms in total. The van der Waals surface area contributed by atoms with Crippen LogP contribution in [0.5, 0.6) is 0 Å². The fourth-order valence-electron chi connectivity index (χ4n) is 1.74. The zero-order valence-corrected chi connectivity index (χ0v) is 11.8. The normalized spacial score (nSPS) is 11.8. The maximum atomic E-state index is 11.6. The minimum Gasteiger partial charge on any atom is -0.300 e. The van der Waals surface area contributed by atoms with E-state index in [0.29, 0.717) is 11.2 Å². The summed E-state index contributed by atoms with van der Waals surface area (Å²) in [6.07, 6.45) is 10.2. The van der Waals surface area contributed by atoms with E-state index in [1.807, 2.05) is 0 Å². The molecule has 0 aromatic carbocycles. The molecule has 0 saturated carbocycles. The third-order valence-corrected chi connectivity index (χ3v) is 2.96. The summed E-state index contributed by atoms with van der Waals surface area (Å²) in [6.45, 7) is 8.83. The third kappa shape index (κ3) is 11.7. The summed E-state index contributed by atoms with van der Waals surface area (Å²) in [5, 5.41) is 0. The minimum absolute atomic E-state index is 0.302. The molecule has 0 atom stereocenters. The molecule has 0 aromatic heterocycles. The molecule has 96 valence electrons. The number of carbonyl (C=O) groups excluding carboxylic acids is 1. The molecule has 0 fully saturated rings. The second-order valence-corrected chi connectivity index (χ2v) is 6.12. The van der Waals surface area contributed by atoms with E-state index in [0.717, 1.165) is 25.7 Å². The zero-order valence-electron chi connectivity index (χ0n) is 11.8. The fourth-order valence-corrected chi connectivity index (χ4v) is 1.74. The van der Waals surface area contributed by atoms with Gasteiger partial charge in [-0.2, -0.15) is 0 Å². The van der Waals surface area contributed by atoms with Crippen LogP contribution < -0.4 is 0 Å². The molecule has 0 unspecified atom stereocenters. The summed E-state index contributed by atoms with van der Waals surface area (Å²) in [7, 11) is 0. The van der Waals surface area contributed by atoms with Gasteiger partial charge in [-0.25, -0.2) is 0 Å². The van der Waals surface area contributed by atoms with E-state index >= 15 is 0 Å². The zero-order chi connectivity index (χ0) is 12.4. The Morgan fingerprint density at radius 1 is 0.875 bits per heavy atom. The molecule has 16 heavy (non-hydrogen) atoms. The Hall–Kier alpha value is -0.330. The molecular weight excluding hydrogens is 196 g/mol. The van der Waals surface area contributed by atoms with Crippen molar-refractivity contribution in [3.8, 4) is 0 Å². The molecule has 0 heterocycles. The number of unbranched alkanes of at least 4 members (excludes halogenated alkanes) is 5. The molecule has 0 aliphatic carbocycles. The quantitative estimate of drug-likeness (QED) is 0.498. The van der Waals surface area contributed by atoms with Crippen LogP contribution in [0, 0.1) is 5.41 Å². The lowest BCUT2D eigenvalue weighted by Gasteiger charge is -2.16. The van der Waals surface area contributed by atoms with Crippen LogP contribution in [-0.4, -0.2) is 5.78 Å². The first-order valence-corrected chi connectivity index (χ1v) is 6.97. The van der Waals surface area contributed by atoms with Crippen LogP contribution in [0.2, 0.25) is 0 Å². The Labute approximate surface area is 102 Å². The number of Topliss-reactive ketones (excluding diaryl/α,β-unsaturated/α-hetero) is 1. The van der Waals surface area contributed by atoms with Gasteiger partial charge >= 0.3 is 0 Å². The van der Waals surface area contributed by atoms with Gasteiger partial charge in [0.1, 0.15) is 5.78 Å². The fraction of sp³-hybridized carbons (Fsp3) is 0.933. The van der Waals surface area contributed by atoms with Crippen LogP contribution in [0.4, 0.5) is 0 Å². The molecule has 0 spiro atoms. The van der Waals surface area contributed by atoms with Crippen molar-refractivity contribution < 1.29 is 4.79 Å². The molecule has 0 aliphatic rings. The van der Waals surface area contributed by atoms with Crippen molar-refractivity contribution >= 4 is 5.78 Å². The summed E-state index contributed by atoms with van der Waals surface area (Å²) in [6, 6.07) is 0. The van der Waals surface area contributed by atoms with Crippen molar-refractivity contribution in [3.05, 3.63) is 0 Å². The van der Waals surface area contributed by atoms with Gasteiger partial charge in [0.2, 0.25) is 0 Å². The summed E-state index contributed by atoms with van der Waals surface area (Å²) in [5.74, 6) is 0.463. The van der Waals surface area contributed by atoms with E-state index in [4.69, 9.17) is 0 Å². The van der Waals surface area contributed by atoms with Gasteiger partial charge in [-0.3, -0.25) is 4.79 Å². The Kier molecular flexibility index (Phi) is 8.60. The molecule has 0 aromatic rings. The highest BCUT2D eigenvalue weighted by atomic mass is 16.1. The van der Waals surface area contributed by atoms with Crippen molar-refractivity contribution in [1.82, 2.24) is 0 Å². The first kappa shape index (κ1) is 15.7. The van der Waals surface area contributed by atoms with Crippen LogP contribution in [0.1, 0.15) is 85.5 Å². The van der Waals surface area contributed by atoms with Crippen LogP contribution in [0.25, 0.3) is 0 Å². The molecule has 1 heteroatoms. The highest BCUT2D eigenvalue weighted by Crippen LogP contribution is 2.21. The SMILES string of the molecule is CCCCCCCCC(=O)CCC(C)(C)C. The van der Waals surface area contributed by atoms with Crippen molar-refractivity contribution in [2.45, 2.75) is 85.5 Å². The van der Waals surface area contributed by atoms with Crippen molar-refractivity contribution in [2.24, 2.45) is 5.41 Å². The number of hydrogen-bond donors (Lipinski definition) is 0. The largest absolute Gasteiger partial charge is 0.300 e. The lowest BCUT2D eigenvalue weighted by atomic mass is 9.89. The predicted octanol–water partition coefficient (Wildman–Crippen LogP) is 5.13. The first-order chi connectivity index (χ1) is 7.45. The van der Waals surface area contributed by atoms with Gasteiger partial charge in [0.15, 0.2) is 0 Å². The Balaban J connectivity index is 3.31. The lowest BCUT2D eigenvalue weighted by molar-refractivity contribution is -0.119. The van der Waals surface area contributed by atoms with E-state index in [1.54, 1.807) is 0 Å². The number of hydrogen-bond acceptors (Lipinski definition) is 1. The molecule has 0 aliphatic heterocycles. The first-order valence-electron chi connectivity index (χ1n) is 6.97. The second-order valence-electron chi connectivity index (χ2n) is 6.12. The number of rotatable bonds is 9. The average molecular weight is 226 g/mol. The second kappa shape index (κ2) is 8.78. The van der Waals surface area contributed by atoms with Crippen molar-refractivity contribution in [2.75, 3.05) is 0 Å². The summed E-state index contributed by atoms with van der Waals surface area (Å²) < 4.78 is 0.